The molecule has 0 spiro atoms. The number of amides is 3. The van der Waals surface area contributed by atoms with Crippen LogP contribution in [0.3, 0.4) is 0 Å². The predicted molar refractivity (Wildman–Crippen MR) is 138 cm³/mol. The number of rotatable bonds is 8. The lowest BCUT2D eigenvalue weighted by molar-refractivity contribution is -0.146. The summed E-state index contributed by atoms with van der Waals surface area (Å²) < 4.78 is 7.50. The van der Waals surface area contributed by atoms with Crippen LogP contribution in [0.5, 0.6) is 0 Å². The summed E-state index contributed by atoms with van der Waals surface area (Å²) in [5.74, 6) is -1.34. The molecule has 1 aromatic carbocycles. The molecule has 190 valence electrons. The monoisotopic (exact) mass is 510 g/mol. The highest BCUT2D eigenvalue weighted by Gasteiger charge is 2.29. The molecule has 3 amide bonds. The summed E-state index contributed by atoms with van der Waals surface area (Å²) in [7, 11) is 1.39. The smallest absolute Gasteiger partial charge is 0.308 e. The number of nitrogens with two attached hydrogens (primary N) is 1. The Kier molecular flexibility index (Phi) is 7.73. The van der Waals surface area contributed by atoms with Gasteiger partial charge in [-0.3, -0.25) is 19.2 Å². The maximum Gasteiger partial charge on any atom is 0.308 e. The normalized spacial score (nSPS) is 17.5. The van der Waals surface area contributed by atoms with Crippen LogP contribution >= 0.6 is 11.3 Å². The average molecular weight is 511 g/mol. The highest BCUT2D eigenvalue weighted by Crippen LogP contribution is 2.28. The van der Waals surface area contributed by atoms with Crippen molar-refractivity contribution in [1.29, 1.82) is 0 Å². The van der Waals surface area contributed by atoms with Crippen LogP contribution in [-0.4, -0.2) is 48.0 Å². The Morgan fingerprint density at radius 3 is 2.56 bits per heavy atom. The Morgan fingerprint density at radius 1 is 1.14 bits per heavy atom. The van der Waals surface area contributed by atoms with Gasteiger partial charge in [0.05, 0.1) is 23.2 Å². The Hall–Kier alpha value is -3.66. The molecule has 2 heterocycles. The van der Waals surface area contributed by atoms with Crippen LogP contribution in [-0.2, 0) is 20.9 Å². The molecule has 1 aliphatic carbocycles. The summed E-state index contributed by atoms with van der Waals surface area (Å²) in [4.78, 5) is 51.7. The van der Waals surface area contributed by atoms with Crippen LogP contribution in [0.15, 0.2) is 41.8 Å². The Morgan fingerprint density at radius 2 is 1.89 bits per heavy atom. The quantitative estimate of drug-likeness (QED) is 0.450. The van der Waals surface area contributed by atoms with Crippen molar-refractivity contribution in [2.24, 2.45) is 11.7 Å². The van der Waals surface area contributed by atoms with E-state index in [4.69, 9.17) is 10.5 Å². The van der Waals surface area contributed by atoms with Gasteiger partial charge < -0.3 is 25.3 Å². The first kappa shape index (κ1) is 25.4. The van der Waals surface area contributed by atoms with Gasteiger partial charge >= 0.3 is 5.97 Å². The molecular weight excluding hydrogens is 480 g/mol. The number of benzene rings is 1. The highest BCUT2D eigenvalue weighted by molar-refractivity contribution is 7.17. The number of nitrogens with one attached hydrogen (secondary N) is 1. The summed E-state index contributed by atoms with van der Waals surface area (Å²) in [6, 6.07) is 10.3. The second-order valence-corrected chi connectivity index (χ2v) is 9.83. The van der Waals surface area contributed by atoms with Gasteiger partial charge in [-0.2, -0.15) is 0 Å². The number of nitrogens with zero attached hydrogens (tertiary/aromatic N) is 2. The number of esters is 1. The molecule has 3 N–H and O–H groups in total. The van der Waals surface area contributed by atoms with E-state index < -0.39 is 5.91 Å². The number of likely N-dealkylation sites (N-methyl/N-ethyl adjacent to an activating group) is 1. The van der Waals surface area contributed by atoms with E-state index in [2.05, 4.69) is 5.32 Å². The molecule has 1 aliphatic rings. The molecule has 3 aromatic rings. The van der Waals surface area contributed by atoms with E-state index in [1.807, 2.05) is 24.4 Å². The first-order chi connectivity index (χ1) is 17.3. The molecule has 0 radical (unpaired) electrons. The lowest BCUT2D eigenvalue weighted by Gasteiger charge is -2.27. The Bertz CT molecular complexity index is 1290. The van der Waals surface area contributed by atoms with Gasteiger partial charge in [0.25, 0.3) is 5.91 Å². The van der Waals surface area contributed by atoms with Gasteiger partial charge in [-0.1, -0.05) is 6.07 Å². The van der Waals surface area contributed by atoms with E-state index in [1.54, 1.807) is 33.7 Å². The molecule has 10 heteroatoms. The molecule has 0 aliphatic heterocycles. The number of primary amides is 1. The number of thiophene rings is 1. The van der Waals surface area contributed by atoms with E-state index in [9.17, 15) is 19.2 Å². The lowest BCUT2D eigenvalue weighted by atomic mass is 9.86. The second-order valence-electron chi connectivity index (χ2n) is 8.88. The van der Waals surface area contributed by atoms with Crippen molar-refractivity contribution in [3.63, 3.8) is 0 Å². The standard InChI is InChI=1S/C26H30N4O5S/c1-3-29(19-6-4-5-17(13-19)24(27)32)23(31)15-30-20-11-12-36-22(20)14-21(30)25(33)28-18-9-7-16(8-10-18)26(34)35-2/h4-6,11-14,16,18H,3,7-10,15H2,1-2H3,(H2,27,32)(H,28,33). The maximum atomic E-state index is 13.4. The van der Waals surface area contributed by atoms with E-state index in [0.717, 1.165) is 10.2 Å². The van der Waals surface area contributed by atoms with Crippen molar-refractivity contribution in [3.8, 4) is 0 Å². The Labute approximate surface area is 213 Å². The molecule has 0 atom stereocenters. The van der Waals surface area contributed by atoms with E-state index >= 15 is 0 Å². The number of carbonyl (C=O) groups is 4. The lowest BCUT2D eigenvalue weighted by Crippen LogP contribution is -2.40. The molecule has 36 heavy (non-hydrogen) atoms. The first-order valence-electron chi connectivity index (χ1n) is 12.0. The molecule has 4 rings (SSSR count). The van der Waals surface area contributed by atoms with Gasteiger partial charge in [-0.15, -0.1) is 11.3 Å². The molecular formula is C26H30N4O5S. The van der Waals surface area contributed by atoms with E-state index in [1.165, 1.54) is 18.4 Å². The number of hydrogen-bond acceptors (Lipinski definition) is 6. The number of carbonyl (C=O) groups excluding carboxylic acids is 4. The van der Waals surface area contributed by atoms with Gasteiger partial charge in [0.2, 0.25) is 11.8 Å². The molecule has 1 saturated carbocycles. The molecule has 0 saturated heterocycles. The minimum atomic E-state index is -0.565. The highest BCUT2D eigenvalue weighted by atomic mass is 32.1. The fourth-order valence-corrected chi connectivity index (χ4v) is 5.61. The van der Waals surface area contributed by atoms with Gasteiger partial charge in [-0.25, -0.2) is 0 Å². The summed E-state index contributed by atoms with van der Waals surface area (Å²) in [5.41, 5.74) is 7.53. The number of methoxy groups -OCH3 is 1. The predicted octanol–water partition coefficient (Wildman–Crippen LogP) is 3.32. The SMILES string of the molecule is CCN(C(=O)Cn1c(C(=O)NC2CCC(C(=O)OC)CC2)cc2sccc21)c1cccc(C(N)=O)c1. The zero-order valence-electron chi connectivity index (χ0n) is 20.4. The summed E-state index contributed by atoms with van der Waals surface area (Å²) >= 11 is 1.51. The number of fused-ring (bicyclic) bond motifs is 1. The van der Waals surface area contributed by atoms with Crippen LogP contribution in [0.2, 0.25) is 0 Å². The largest absolute Gasteiger partial charge is 0.469 e. The molecule has 1 fully saturated rings. The van der Waals surface area contributed by atoms with Crippen molar-refractivity contribution in [2.45, 2.75) is 45.2 Å². The van der Waals surface area contributed by atoms with Gasteiger partial charge in [0.1, 0.15) is 12.2 Å². The van der Waals surface area contributed by atoms with Crippen LogP contribution in [0.4, 0.5) is 5.69 Å². The molecule has 0 bridgehead atoms. The third-order valence-corrected chi connectivity index (χ3v) is 7.56. The van der Waals surface area contributed by atoms with Crippen LogP contribution in [0.1, 0.15) is 53.5 Å². The van der Waals surface area contributed by atoms with Gasteiger partial charge in [0.15, 0.2) is 0 Å². The fraction of sp³-hybridized carbons (Fsp3) is 0.385. The average Bonchev–Trinajstić information content (AvgIpc) is 3.47. The Balaban J connectivity index is 1.52. The van der Waals surface area contributed by atoms with Crippen LogP contribution in [0, 0.1) is 5.92 Å². The van der Waals surface area contributed by atoms with Gasteiger partial charge in [-0.05, 0) is 68.3 Å². The molecule has 0 unspecified atom stereocenters. The minimum Gasteiger partial charge on any atom is -0.469 e. The van der Waals surface area contributed by atoms with Crippen molar-refractivity contribution < 1.29 is 23.9 Å². The number of hydrogen-bond donors (Lipinski definition) is 2. The number of anilines is 1. The van der Waals surface area contributed by atoms with Crippen molar-refractivity contribution >= 4 is 50.9 Å². The summed E-state index contributed by atoms with van der Waals surface area (Å²) in [6.07, 6.45) is 2.72. The first-order valence-corrected chi connectivity index (χ1v) is 12.9. The zero-order valence-corrected chi connectivity index (χ0v) is 21.2. The summed E-state index contributed by atoms with van der Waals surface area (Å²) in [5, 5.41) is 5.01. The van der Waals surface area contributed by atoms with Crippen molar-refractivity contribution in [3.05, 3.63) is 53.0 Å². The fourth-order valence-electron chi connectivity index (χ4n) is 4.79. The third-order valence-electron chi connectivity index (χ3n) is 6.71. The molecule has 2 aromatic heterocycles. The number of aromatic nitrogens is 1. The minimum absolute atomic E-state index is 0.0350. The van der Waals surface area contributed by atoms with Crippen LogP contribution < -0.4 is 16.0 Å². The van der Waals surface area contributed by atoms with Gasteiger partial charge in [0, 0.05) is 23.8 Å². The van der Waals surface area contributed by atoms with Crippen LogP contribution in [0.25, 0.3) is 10.2 Å². The topological polar surface area (TPSA) is 124 Å². The van der Waals surface area contributed by atoms with E-state index in [0.29, 0.717) is 49.2 Å². The maximum absolute atomic E-state index is 13.4. The molecule has 9 nitrogen and oxygen atoms in total. The van der Waals surface area contributed by atoms with Crippen molar-refractivity contribution in [1.82, 2.24) is 9.88 Å². The second kappa shape index (κ2) is 10.9. The third kappa shape index (κ3) is 5.28. The summed E-state index contributed by atoms with van der Waals surface area (Å²) in [6.45, 7) is 2.20. The number of ether oxygens (including phenoxy) is 1. The van der Waals surface area contributed by atoms with E-state index in [-0.39, 0.29) is 36.3 Å². The zero-order chi connectivity index (χ0) is 25.8. The van der Waals surface area contributed by atoms with Crippen molar-refractivity contribution in [2.75, 3.05) is 18.6 Å².